The van der Waals surface area contributed by atoms with Crippen LogP contribution in [-0.4, -0.2) is 315 Å². The third kappa shape index (κ3) is 8.32. The SMILES string of the molecule is OC[C@H]1O[C@@H](O[C@@H]2C3COC2C(O)C(O)O3)C(O)[C@@H](O[C@@H]2OC3COC(C2O)[C@@H]3O[C@@H]2O[C@H](CO)[C@H](O)[C@H](O)[C@]2(O)[C@@]2(CO)O[C@@H](O[C@H]3[C@H](O)C(O)C(O)O[C@@H]3CO)[C@H](O)[C@@H](O)[C@H]2O)C1O. The minimum Gasteiger partial charge on any atom is -0.394 e. The highest BCUT2D eigenvalue weighted by Gasteiger charge is 2.74. The van der Waals surface area contributed by atoms with Gasteiger partial charge >= 0.3 is 0 Å². The second kappa shape index (κ2) is 19.8. The Hall–Kier alpha value is -1.20. The van der Waals surface area contributed by atoms with Crippen molar-refractivity contribution in [3.05, 3.63) is 0 Å². The molecule has 66 heavy (non-hydrogen) atoms. The van der Waals surface area contributed by atoms with Gasteiger partial charge in [-0.2, -0.15) is 0 Å². The fourth-order valence-corrected chi connectivity index (χ4v) is 9.82. The van der Waals surface area contributed by atoms with Gasteiger partial charge in [0.05, 0.1) is 39.6 Å². The minimum atomic E-state index is -3.53. The van der Waals surface area contributed by atoms with E-state index in [1.807, 2.05) is 0 Å². The largest absolute Gasteiger partial charge is 0.394 e. The third-order valence-electron chi connectivity index (χ3n) is 13.6. The molecule has 8 aliphatic heterocycles. The molecule has 18 N–H and O–H groups in total. The van der Waals surface area contributed by atoms with Crippen molar-refractivity contribution in [1.82, 2.24) is 0 Å². The molecule has 382 valence electrons. The Morgan fingerprint density at radius 3 is 1.61 bits per heavy atom. The standard InChI is InChI=1S/C36H58O30/c37-1-7-12(41)24(19(48)31(59-7)63-22-10-4-55-25(22)18(47)30(53)58-10)64-32-20(49)26-23(11(60-32)5-56-26)65-34-36(54,28(51)13(42)8(2-38)61-34)35(6-40)27(50)15(44)17(46)33(66-35)62-21-9(3-39)57-29(52)16(45)14(21)43/h7-34,37-54H,1-6H2/t7-,8-,9-,10?,11?,12?,13+,14-,15-,16?,17-,18?,19?,20?,21-,22-,23-,24+,25?,26?,27-,28+,29?,30?,31+,32+,33-,34+,35+,36-/m1/s1. The van der Waals surface area contributed by atoms with Gasteiger partial charge in [0.1, 0.15) is 134 Å². The topological polar surface area (TPSA) is 475 Å². The van der Waals surface area contributed by atoms with Crippen molar-refractivity contribution in [2.45, 2.75) is 183 Å². The van der Waals surface area contributed by atoms with E-state index < -0.39 is 216 Å². The van der Waals surface area contributed by atoms with Crippen LogP contribution < -0.4 is 0 Å². The van der Waals surface area contributed by atoms with Gasteiger partial charge in [-0.15, -0.1) is 0 Å². The smallest absolute Gasteiger partial charge is 0.193 e. The van der Waals surface area contributed by atoms with Gasteiger partial charge < -0.3 is 149 Å². The Bertz CT molecular complexity index is 1620. The highest BCUT2D eigenvalue weighted by Crippen LogP contribution is 2.49. The number of fused-ring (bicyclic) bond motifs is 4. The van der Waals surface area contributed by atoms with Crippen molar-refractivity contribution in [2.24, 2.45) is 0 Å². The first-order valence-corrected chi connectivity index (χ1v) is 21.1. The van der Waals surface area contributed by atoms with Gasteiger partial charge in [0.25, 0.3) is 0 Å². The monoisotopic (exact) mass is 970 g/mol. The van der Waals surface area contributed by atoms with E-state index in [0.29, 0.717) is 0 Å². The molecule has 0 aromatic carbocycles. The van der Waals surface area contributed by atoms with E-state index in [4.69, 9.17) is 56.8 Å². The fourth-order valence-electron chi connectivity index (χ4n) is 9.82. The van der Waals surface area contributed by atoms with Gasteiger partial charge in [0.2, 0.25) is 0 Å². The van der Waals surface area contributed by atoms with Crippen molar-refractivity contribution in [2.75, 3.05) is 39.6 Å². The molecule has 0 saturated carbocycles. The molecule has 0 radical (unpaired) electrons. The van der Waals surface area contributed by atoms with Gasteiger partial charge in [-0.1, -0.05) is 0 Å². The lowest BCUT2D eigenvalue weighted by atomic mass is 9.68. The number of hydrogen-bond acceptors (Lipinski definition) is 30. The van der Waals surface area contributed by atoms with Crippen molar-refractivity contribution < 1.29 is 149 Å². The predicted octanol–water partition coefficient (Wildman–Crippen LogP) is -13.3. The summed E-state index contributed by atoms with van der Waals surface area (Å²) in [5.41, 5.74) is -6.81. The van der Waals surface area contributed by atoms with Crippen LogP contribution in [0.2, 0.25) is 0 Å². The van der Waals surface area contributed by atoms with E-state index in [1.165, 1.54) is 0 Å². The van der Waals surface area contributed by atoms with Crippen LogP contribution in [0.1, 0.15) is 0 Å². The summed E-state index contributed by atoms with van der Waals surface area (Å²) in [5, 5.41) is 195. The summed E-state index contributed by atoms with van der Waals surface area (Å²) in [6.45, 7) is -5.11. The third-order valence-corrected chi connectivity index (χ3v) is 13.6. The molecule has 0 aliphatic carbocycles. The Kier molecular flexibility index (Phi) is 15.3. The first-order valence-electron chi connectivity index (χ1n) is 21.1. The fraction of sp³-hybridized carbons (Fsp3) is 1.00. The predicted molar refractivity (Wildman–Crippen MR) is 194 cm³/mol. The zero-order chi connectivity index (χ0) is 47.9. The van der Waals surface area contributed by atoms with Crippen LogP contribution in [0.4, 0.5) is 0 Å². The summed E-state index contributed by atoms with van der Waals surface area (Å²) in [6, 6.07) is 0. The van der Waals surface area contributed by atoms with E-state index >= 15 is 0 Å². The molecule has 30 nitrogen and oxygen atoms in total. The van der Waals surface area contributed by atoms with E-state index in [1.54, 1.807) is 0 Å². The van der Waals surface area contributed by atoms with E-state index in [0.717, 1.165) is 0 Å². The maximum atomic E-state index is 12.6. The van der Waals surface area contributed by atoms with Gasteiger partial charge in [-0.3, -0.25) is 0 Å². The molecule has 30 heteroatoms. The molecular weight excluding hydrogens is 912 g/mol. The number of rotatable bonds is 13. The van der Waals surface area contributed by atoms with Crippen LogP contribution in [-0.2, 0) is 56.8 Å². The Balaban J connectivity index is 1.03. The lowest BCUT2D eigenvalue weighted by molar-refractivity contribution is -0.450. The summed E-state index contributed by atoms with van der Waals surface area (Å²) in [4.78, 5) is 0. The summed E-state index contributed by atoms with van der Waals surface area (Å²) in [7, 11) is 0. The molecule has 8 aliphatic rings. The molecule has 30 atom stereocenters. The molecule has 11 unspecified atom stereocenters. The highest BCUT2D eigenvalue weighted by atomic mass is 16.8. The van der Waals surface area contributed by atoms with Crippen LogP contribution in [0.25, 0.3) is 0 Å². The molecule has 4 bridgehead atoms. The number of hydrogen-bond donors (Lipinski definition) is 18. The highest BCUT2D eigenvalue weighted by molar-refractivity contribution is 5.19. The molecule has 8 fully saturated rings. The molecule has 0 amide bonds. The summed E-state index contributed by atoms with van der Waals surface area (Å²) >= 11 is 0. The second-order valence-corrected chi connectivity index (χ2v) is 17.4. The molecule has 8 rings (SSSR count). The Morgan fingerprint density at radius 2 is 0.970 bits per heavy atom. The van der Waals surface area contributed by atoms with E-state index in [2.05, 4.69) is 0 Å². The molecular formula is C36H58O30. The molecule has 0 aromatic heterocycles. The van der Waals surface area contributed by atoms with Crippen LogP contribution in [0.3, 0.4) is 0 Å². The van der Waals surface area contributed by atoms with E-state index in [9.17, 15) is 91.9 Å². The molecule has 8 saturated heterocycles. The maximum absolute atomic E-state index is 12.6. The first kappa shape index (κ1) is 51.2. The zero-order valence-electron chi connectivity index (χ0n) is 34.4. The summed E-state index contributed by atoms with van der Waals surface area (Å²) in [5.74, 6) is 0. The van der Waals surface area contributed by atoms with Crippen molar-refractivity contribution >= 4 is 0 Å². The van der Waals surface area contributed by atoms with Crippen LogP contribution in [0.15, 0.2) is 0 Å². The van der Waals surface area contributed by atoms with Crippen molar-refractivity contribution in [1.29, 1.82) is 0 Å². The van der Waals surface area contributed by atoms with Gasteiger partial charge in [-0.05, 0) is 0 Å². The first-order chi connectivity index (χ1) is 31.3. The number of aliphatic hydroxyl groups is 18. The average Bonchev–Trinajstić information content (AvgIpc) is 3.80. The maximum Gasteiger partial charge on any atom is 0.193 e. The number of aliphatic hydroxyl groups excluding tert-OH is 17. The van der Waals surface area contributed by atoms with Crippen LogP contribution in [0, 0.1) is 0 Å². The van der Waals surface area contributed by atoms with Crippen molar-refractivity contribution in [3.8, 4) is 0 Å². The minimum absolute atomic E-state index is 0.115. The lowest BCUT2D eigenvalue weighted by Gasteiger charge is -2.60. The van der Waals surface area contributed by atoms with E-state index in [-0.39, 0.29) is 6.61 Å². The normalized spacial score (nSPS) is 57.5. The second-order valence-electron chi connectivity index (χ2n) is 17.4. The van der Waals surface area contributed by atoms with Gasteiger partial charge in [0, 0.05) is 0 Å². The van der Waals surface area contributed by atoms with Crippen LogP contribution >= 0.6 is 0 Å². The van der Waals surface area contributed by atoms with Crippen LogP contribution in [0.5, 0.6) is 0 Å². The average molecular weight is 971 g/mol. The van der Waals surface area contributed by atoms with Gasteiger partial charge in [-0.25, -0.2) is 0 Å². The Morgan fingerprint density at radius 1 is 0.424 bits per heavy atom. The lowest BCUT2D eigenvalue weighted by Crippen LogP contribution is -2.84. The van der Waals surface area contributed by atoms with Crippen molar-refractivity contribution in [3.63, 3.8) is 0 Å². The zero-order valence-corrected chi connectivity index (χ0v) is 34.4. The molecule has 0 aromatic rings. The number of ether oxygens (including phenoxy) is 12. The summed E-state index contributed by atoms with van der Waals surface area (Å²) in [6.07, 6.45) is -52.4. The van der Waals surface area contributed by atoms with Gasteiger partial charge in [0.15, 0.2) is 48.9 Å². The molecule has 8 heterocycles. The Labute approximate surface area is 371 Å². The summed E-state index contributed by atoms with van der Waals surface area (Å²) < 4.78 is 67.9. The molecule has 0 spiro atoms. The quantitative estimate of drug-likeness (QED) is 0.0815.